The summed E-state index contributed by atoms with van der Waals surface area (Å²) in [6.45, 7) is 2.25. The average molecular weight is 408 g/mol. The van der Waals surface area contributed by atoms with Crippen LogP contribution in [0.3, 0.4) is 0 Å². The number of fused-ring (bicyclic) bond motifs is 1. The summed E-state index contributed by atoms with van der Waals surface area (Å²) < 4.78 is 39.9. The van der Waals surface area contributed by atoms with Crippen molar-refractivity contribution in [1.82, 2.24) is 10.1 Å². The fourth-order valence-corrected chi connectivity index (χ4v) is 3.20. The van der Waals surface area contributed by atoms with Gasteiger partial charge in [0.1, 0.15) is 17.2 Å². The van der Waals surface area contributed by atoms with Crippen LogP contribution in [0.1, 0.15) is 18.4 Å². The van der Waals surface area contributed by atoms with Gasteiger partial charge in [0.15, 0.2) is 0 Å². The summed E-state index contributed by atoms with van der Waals surface area (Å²) in [5.41, 5.74) is 5.72. The van der Waals surface area contributed by atoms with E-state index < -0.39 is 12.7 Å². The lowest BCUT2D eigenvalue weighted by Crippen LogP contribution is -2.24. The van der Waals surface area contributed by atoms with Crippen LogP contribution >= 0.6 is 0 Å². The second-order valence-electron chi connectivity index (χ2n) is 6.57. The summed E-state index contributed by atoms with van der Waals surface area (Å²) in [7, 11) is 1.54. The molecular formula is C19H22F2N4O4. The highest BCUT2D eigenvalue weighted by Gasteiger charge is 2.20. The third kappa shape index (κ3) is 4.22. The van der Waals surface area contributed by atoms with E-state index in [0.29, 0.717) is 33.8 Å². The third-order valence-corrected chi connectivity index (χ3v) is 4.48. The van der Waals surface area contributed by atoms with Gasteiger partial charge in [-0.3, -0.25) is 15.7 Å². The minimum absolute atomic E-state index is 0.222. The molecule has 0 saturated heterocycles. The Morgan fingerprint density at radius 2 is 2.03 bits per heavy atom. The molecular weight excluding hydrogens is 386 g/mol. The van der Waals surface area contributed by atoms with E-state index in [1.54, 1.807) is 13.0 Å². The van der Waals surface area contributed by atoms with Gasteiger partial charge >= 0.3 is 6.61 Å². The maximum Gasteiger partial charge on any atom is 0.345 e. The zero-order valence-corrected chi connectivity index (χ0v) is 16.4. The SMILES string of the molecule is COc1cc2c(N[C@@H](C)COC(F)F)c(NO)cnc2cc1-c1c(C)noc1C. The van der Waals surface area contributed by atoms with Crippen LogP contribution in [0.25, 0.3) is 22.0 Å². The first kappa shape index (κ1) is 20.7. The molecule has 0 radical (unpaired) electrons. The van der Waals surface area contributed by atoms with Crippen molar-refractivity contribution in [2.45, 2.75) is 33.4 Å². The molecule has 0 aliphatic carbocycles. The van der Waals surface area contributed by atoms with Crippen LogP contribution in [0, 0.1) is 13.8 Å². The van der Waals surface area contributed by atoms with Crippen molar-refractivity contribution in [2.24, 2.45) is 0 Å². The zero-order valence-electron chi connectivity index (χ0n) is 16.4. The summed E-state index contributed by atoms with van der Waals surface area (Å²) in [6.07, 6.45) is 1.44. The molecule has 0 bridgehead atoms. The van der Waals surface area contributed by atoms with Gasteiger partial charge in [0.2, 0.25) is 0 Å². The normalized spacial score (nSPS) is 12.4. The lowest BCUT2D eigenvalue weighted by molar-refractivity contribution is -0.130. The van der Waals surface area contributed by atoms with E-state index in [1.807, 2.05) is 19.9 Å². The molecule has 10 heteroatoms. The number of ether oxygens (including phenoxy) is 2. The number of halogens is 2. The highest BCUT2D eigenvalue weighted by Crippen LogP contribution is 2.40. The number of methoxy groups -OCH3 is 1. The fraction of sp³-hybridized carbons (Fsp3) is 0.368. The van der Waals surface area contributed by atoms with Gasteiger partial charge in [0.05, 0.1) is 42.4 Å². The van der Waals surface area contributed by atoms with Crippen molar-refractivity contribution >= 4 is 22.3 Å². The molecule has 0 unspecified atom stereocenters. The lowest BCUT2D eigenvalue weighted by Gasteiger charge is -2.20. The summed E-state index contributed by atoms with van der Waals surface area (Å²) >= 11 is 0. The number of pyridine rings is 1. The van der Waals surface area contributed by atoms with Crippen LogP contribution in [0.4, 0.5) is 20.2 Å². The van der Waals surface area contributed by atoms with Crippen molar-refractivity contribution < 1.29 is 28.0 Å². The lowest BCUT2D eigenvalue weighted by atomic mass is 10.00. The fourth-order valence-electron chi connectivity index (χ4n) is 3.20. The molecule has 0 spiro atoms. The Labute approximate surface area is 165 Å². The van der Waals surface area contributed by atoms with E-state index in [2.05, 4.69) is 25.7 Å². The van der Waals surface area contributed by atoms with Crippen LogP contribution in [-0.4, -0.2) is 41.7 Å². The molecule has 3 N–H and O–H groups in total. The monoisotopic (exact) mass is 408 g/mol. The highest BCUT2D eigenvalue weighted by atomic mass is 19.3. The molecule has 1 aromatic carbocycles. The van der Waals surface area contributed by atoms with Gasteiger partial charge in [0, 0.05) is 17.0 Å². The van der Waals surface area contributed by atoms with E-state index in [-0.39, 0.29) is 12.3 Å². The predicted octanol–water partition coefficient (Wildman–Crippen LogP) is 4.36. The van der Waals surface area contributed by atoms with Gasteiger partial charge < -0.3 is 19.3 Å². The number of aromatic nitrogens is 2. The van der Waals surface area contributed by atoms with Crippen LogP contribution in [-0.2, 0) is 4.74 Å². The van der Waals surface area contributed by atoms with Gasteiger partial charge in [-0.2, -0.15) is 8.78 Å². The van der Waals surface area contributed by atoms with Crippen molar-refractivity contribution in [3.8, 4) is 16.9 Å². The Morgan fingerprint density at radius 1 is 1.28 bits per heavy atom. The molecule has 0 amide bonds. The molecule has 156 valence electrons. The number of hydrogen-bond donors (Lipinski definition) is 3. The van der Waals surface area contributed by atoms with Crippen LogP contribution in [0.2, 0.25) is 0 Å². The molecule has 8 nitrogen and oxygen atoms in total. The topological polar surface area (TPSA) is 102 Å². The van der Waals surface area contributed by atoms with E-state index in [0.717, 1.165) is 11.1 Å². The van der Waals surface area contributed by atoms with Crippen LogP contribution in [0.15, 0.2) is 22.9 Å². The number of benzene rings is 1. The molecule has 0 fully saturated rings. The molecule has 3 rings (SSSR count). The summed E-state index contributed by atoms with van der Waals surface area (Å²) in [5, 5.41) is 17.2. The largest absolute Gasteiger partial charge is 0.496 e. The molecule has 0 saturated carbocycles. The van der Waals surface area contributed by atoms with Crippen LogP contribution < -0.4 is 15.5 Å². The maximum atomic E-state index is 12.3. The number of hydrogen-bond acceptors (Lipinski definition) is 8. The number of anilines is 2. The van der Waals surface area contributed by atoms with Gasteiger partial charge in [-0.05, 0) is 32.9 Å². The Balaban J connectivity index is 2.11. The standard InChI is InChI=1S/C19H22F2N4O4/c1-9(8-28-19(20)21)23-18-12-6-16(27-4)13(17-10(2)25-29-11(17)3)5-14(12)22-7-15(18)24-26/h5-7,9,19,24,26H,8H2,1-4H3,(H,22,23)/t9-/m0/s1. The Hall–Kier alpha value is -2.98. The summed E-state index contributed by atoms with van der Waals surface area (Å²) in [5.74, 6) is 1.19. The first-order chi connectivity index (χ1) is 13.8. The second kappa shape index (κ2) is 8.58. The molecule has 2 aromatic heterocycles. The van der Waals surface area contributed by atoms with E-state index in [1.165, 1.54) is 13.3 Å². The molecule has 0 aliphatic rings. The second-order valence-corrected chi connectivity index (χ2v) is 6.57. The van der Waals surface area contributed by atoms with Gasteiger partial charge in [-0.15, -0.1) is 0 Å². The van der Waals surface area contributed by atoms with Gasteiger partial charge in [0.25, 0.3) is 0 Å². The molecule has 1 atom stereocenters. The van der Waals surface area contributed by atoms with E-state index >= 15 is 0 Å². The Bertz CT molecular complexity index is 990. The van der Waals surface area contributed by atoms with Crippen molar-refractivity contribution in [3.05, 3.63) is 29.8 Å². The van der Waals surface area contributed by atoms with E-state index in [9.17, 15) is 14.0 Å². The number of nitrogens with one attached hydrogen (secondary N) is 2. The minimum atomic E-state index is -2.86. The predicted molar refractivity (Wildman–Crippen MR) is 104 cm³/mol. The van der Waals surface area contributed by atoms with Crippen molar-refractivity contribution in [1.29, 1.82) is 0 Å². The smallest absolute Gasteiger partial charge is 0.345 e. The maximum absolute atomic E-state index is 12.3. The summed E-state index contributed by atoms with van der Waals surface area (Å²) in [6, 6.07) is 3.12. The Kier molecular flexibility index (Phi) is 6.14. The third-order valence-electron chi connectivity index (χ3n) is 4.48. The van der Waals surface area contributed by atoms with Gasteiger partial charge in [-0.1, -0.05) is 5.16 Å². The first-order valence-corrected chi connectivity index (χ1v) is 8.86. The molecule has 29 heavy (non-hydrogen) atoms. The number of rotatable bonds is 8. The highest BCUT2D eigenvalue weighted by molar-refractivity contribution is 6.01. The average Bonchev–Trinajstić information content (AvgIpc) is 3.03. The zero-order chi connectivity index (χ0) is 21.1. The van der Waals surface area contributed by atoms with Crippen molar-refractivity contribution in [2.75, 3.05) is 24.5 Å². The quantitative estimate of drug-likeness (QED) is 0.473. The molecule has 3 aromatic rings. The van der Waals surface area contributed by atoms with Crippen LogP contribution in [0.5, 0.6) is 5.75 Å². The van der Waals surface area contributed by atoms with Gasteiger partial charge in [-0.25, -0.2) is 0 Å². The summed E-state index contributed by atoms with van der Waals surface area (Å²) in [4.78, 5) is 4.38. The molecule has 2 heterocycles. The van der Waals surface area contributed by atoms with Crippen molar-refractivity contribution in [3.63, 3.8) is 0 Å². The minimum Gasteiger partial charge on any atom is -0.496 e. The number of alkyl halides is 2. The first-order valence-electron chi connectivity index (χ1n) is 8.86. The number of aryl methyl sites for hydroxylation is 2. The molecule has 0 aliphatic heterocycles. The Morgan fingerprint density at radius 3 is 2.62 bits per heavy atom. The van der Waals surface area contributed by atoms with E-state index in [4.69, 9.17) is 9.26 Å². The number of nitrogens with zero attached hydrogens (tertiary/aromatic N) is 2.